The van der Waals surface area contributed by atoms with Crippen LogP contribution >= 0.6 is 0 Å². The fourth-order valence-corrected chi connectivity index (χ4v) is 2.69. The van der Waals surface area contributed by atoms with Crippen molar-refractivity contribution < 1.29 is 14.8 Å². The maximum atomic E-state index is 11.3. The Bertz CT molecular complexity index is 967. The van der Waals surface area contributed by atoms with Crippen LogP contribution in [0.5, 0.6) is 11.5 Å². The van der Waals surface area contributed by atoms with Crippen LogP contribution in [-0.2, 0) is 6.42 Å². The number of methoxy groups -OCH3 is 1. The molecule has 0 fully saturated rings. The number of nitrogens with zero attached hydrogens (tertiary/aromatic N) is 2. The lowest BCUT2D eigenvalue weighted by Crippen LogP contribution is -1.97. The summed E-state index contributed by atoms with van der Waals surface area (Å²) in [4.78, 5) is 15.0. The van der Waals surface area contributed by atoms with Gasteiger partial charge in [-0.3, -0.25) is 15.1 Å². The molecular formula is C21H18N2O4. The Morgan fingerprint density at radius 3 is 2.41 bits per heavy atom. The van der Waals surface area contributed by atoms with Gasteiger partial charge in [-0.15, -0.1) is 0 Å². The SMILES string of the molecule is COc1ccc(N=Cc2cc(Cc3ccccc3)cc([N+](=O)[O-])c2O)cc1. The average Bonchev–Trinajstić information content (AvgIpc) is 2.69. The van der Waals surface area contributed by atoms with Crippen LogP contribution in [0.1, 0.15) is 16.7 Å². The van der Waals surface area contributed by atoms with Gasteiger partial charge in [0.25, 0.3) is 0 Å². The summed E-state index contributed by atoms with van der Waals surface area (Å²) in [5.74, 6) is 0.311. The summed E-state index contributed by atoms with van der Waals surface area (Å²) in [5, 5.41) is 21.6. The molecule has 6 heteroatoms. The molecule has 0 unspecified atom stereocenters. The number of rotatable bonds is 6. The molecule has 0 bridgehead atoms. The van der Waals surface area contributed by atoms with E-state index >= 15 is 0 Å². The van der Waals surface area contributed by atoms with E-state index in [2.05, 4.69) is 4.99 Å². The molecule has 0 atom stereocenters. The number of benzene rings is 3. The van der Waals surface area contributed by atoms with Crippen molar-refractivity contribution in [1.29, 1.82) is 0 Å². The number of nitro groups is 1. The summed E-state index contributed by atoms with van der Waals surface area (Å²) in [6.45, 7) is 0. The zero-order valence-corrected chi connectivity index (χ0v) is 14.7. The van der Waals surface area contributed by atoms with Crippen LogP contribution in [-0.4, -0.2) is 23.4 Å². The van der Waals surface area contributed by atoms with Crippen LogP contribution in [0.15, 0.2) is 71.7 Å². The molecule has 3 rings (SSSR count). The molecule has 0 saturated carbocycles. The van der Waals surface area contributed by atoms with Crippen molar-refractivity contribution >= 4 is 17.6 Å². The first-order valence-electron chi connectivity index (χ1n) is 8.29. The van der Waals surface area contributed by atoms with Gasteiger partial charge in [0.2, 0.25) is 5.75 Å². The van der Waals surface area contributed by atoms with Gasteiger partial charge in [-0.2, -0.15) is 0 Å². The van der Waals surface area contributed by atoms with E-state index in [1.807, 2.05) is 30.3 Å². The molecular weight excluding hydrogens is 344 g/mol. The van der Waals surface area contributed by atoms with E-state index in [1.165, 1.54) is 12.3 Å². The van der Waals surface area contributed by atoms with Crippen molar-refractivity contribution in [2.75, 3.05) is 7.11 Å². The molecule has 3 aromatic rings. The summed E-state index contributed by atoms with van der Waals surface area (Å²) in [6.07, 6.45) is 1.95. The number of hydrogen-bond donors (Lipinski definition) is 1. The van der Waals surface area contributed by atoms with E-state index in [1.54, 1.807) is 37.4 Å². The molecule has 0 radical (unpaired) electrons. The highest BCUT2D eigenvalue weighted by Gasteiger charge is 2.18. The Balaban J connectivity index is 1.94. The molecule has 27 heavy (non-hydrogen) atoms. The summed E-state index contributed by atoms with van der Waals surface area (Å²) < 4.78 is 5.10. The fraction of sp³-hybridized carbons (Fsp3) is 0.0952. The van der Waals surface area contributed by atoms with Crippen LogP contribution in [0.2, 0.25) is 0 Å². The highest BCUT2D eigenvalue weighted by atomic mass is 16.6. The first kappa shape index (κ1) is 18.1. The highest BCUT2D eigenvalue weighted by Crippen LogP contribution is 2.31. The topological polar surface area (TPSA) is 85.0 Å². The second-order valence-corrected chi connectivity index (χ2v) is 5.93. The molecule has 0 aliphatic carbocycles. The first-order chi connectivity index (χ1) is 13.1. The average molecular weight is 362 g/mol. The maximum absolute atomic E-state index is 11.3. The van der Waals surface area contributed by atoms with E-state index in [0.29, 0.717) is 23.4 Å². The van der Waals surface area contributed by atoms with Gasteiger partial charge in [0, 0.05) is 17.8 Å². The van der Waals surface area contributed by atoms with E-state index < -0.39 is 10.7 Å². The number of ether oxygens (including phenoxy) is 1. The number of aliphatic imine (C=N–C) groups is 1. The minimum absolute atomic E-state index is 0.297. The standard InChI is InChI=1S/C21H18N2O4/c1-27-19-9-7-18(8-10-19)22-14-17-12-16(11-15-5-3-2-4-6-15)13-20(21(17)24)23(25)26/h2-10,12-14,24H,11H2,1H3. The Morgan fingerprint density at radius 1 is 1.07 bits per heavy atom. The van der Waals surface area contributed by atoms with Crippen LogP contribution in [0, 0.1) is 10.1 Å². The molecule has 136 valence electrons. The molecule has 3 aromatic carbocycles. The lowest BCUT2D eigenvalue weighted by atomic mass is 10.0. The third kappa shape index (κ3) is 4.49. The predicted octanol–water partition coefficient (Wildman–Crippen LogP) is 4.65. The second kappa shape index (κ2) is 8.14. The van der Waals surface area contributed by atoms with Gasteiger partial charge in [-0.1, -0.05) is 30.3 Å². The highest BCUT2D eigenvalue weighted by molar-refractivity contribution is 5.87. The largest absolute Gasteiger partial charge is 0.502 e. The fourth-order valence-electron chi connectivity index (χ4n) is 2.69. The Labute approximate surface area is 156 Å². The van der Waals surface area contributed by atoms with Crippen molar-refractivity contribution in [2.24, 2.45) is 4.99 Å². The molecule has 6 nitrogen and oxygen atoms in total. The van der Waals surface area contributed by atoms with Crippen molar-refractivity contribution in [3.05, 3.63) is 93.5 Å². The van der Waals surface area contributed by atoms with Crippen molar-refractivity contribution in [3.8, 4) is 11.5 Å². The minimum atomic E-state index is -0.589. The van der Waals surface area contributed by atoms with Gasteiger partial charge >= 0.3 is 5.69 Å². The Morgan fingerprint density at radius 2 is 1.78 bits per heavy atom. The van der Waals surface area contributed by atoms with Gasteiger partial charge in [0.1, 0.15) is 5.75 Å². The van der Waals surface area contributed by atoms with Gasteiger partial charge in [-0.05, 0) is 47.9 Å². The van der Waals surface area contributed by atoms with E-state index in [0.717, 1.165) is 11.1 Å². The normalized spacial score (nSPS) is 10.9. The van der Waals surface area contributed by atoms with E-state index in [4.69, 9.17) is 4.74 Å². The zero-order chi connectivity index (χ0) is 19.2. The van der Waals surface area contributed by atoms with Crippen molar-refractivity contribution in [3.63, 3.8) is 0 Å². The number of hydrogen-bond acceptors (Lipinski definition) is 5. The number of phenols is 1. The Hall–Kier alpha value is -3.67. The summed E-state index contributed by atoms with van der Waals surface area (Å²) in [5.41, 5.74) is 2.36. The molecule has 0 amide bonds. The lowest BCUT2D eigenvalue weighted by Gasteiger charge is -2.06. The molecule has 0 heterocycles. The van der Waals surface area contributed by atoms with Gasteiger partial charge in [0.05, 0.1) is 17.7 Å². The van der Waals surface area contributed by atoms with Gasteiger partial charge < -0.3 is 9.84 Å². The second-order valence-electron chi connectivity index (χ2n) is 5.93. The summed E-state index contributed by atoms with van der Waals surface area (Å²) >= 11 is 0. The molecule has 0 spiro atoms. The van der Waals surface area contributed by atoms with Crippen LogP contribution < -0.4 is 4.74 Å². The zero-order valence-electron chi connectivity index (χ0n) is 14.7. The third-order valence-electron chi connectivity index (χ3n) is 4.05. The quantitative estimate of drug-likeness (QED) is 0.393. The monoisotopic (exact) mass is 362 g/mol. The molecule has 0 aromatic heterocycles. The van der Waals surface area contributed by atoms with E-state index in [-0.39, 0.29) is 5.69 Å². The number of aromatic hydroxyl groups is 1. The molecule has 1 N–H and O–H groups in total. The first-order valence-corrected chi connectivity index (χ1v) is 8.29. The van der Waals surface area contributed by atoms with Crippen molar-refractivity contribution in [2.45, 2.75) is 6.42 Å². The number of phenolic OH excluding ortho intramolecular Hbond substituents is 1. The van der Waals surface area contributed by atoms with Crippen LogP contribution in [0.25, 0.3) is 0 Å². The summed E-state index contributed by atoms with van der Waals surface area (Å²) in [6, 6.07) is 19.8. The van der Waals surface area contributed by atoms with Crippen LogP contribution in [0.4, 0.5) is 11.4 Å². The lowest BCUT2D eigenvalue weighted by molar-refractivity contribution is -0.385. The minimum Gasteiger partial charge on any atom is -0.502 e. The van der Waals surface area contributed by atoms with Crippen molar-refractivity contribution in [1.82, 2.24) is 0 Å². The smallest absolute Gasteiger partial charge is 0.311 e. The predicted molar refractivity (Wildman–Crippen MR) is 104 cm³/mol. The molecule has 0 saturated heterocycles. The summed E-state index contributed by atoms with van der Waals surface area (Å²) in [7, 11) is 1.58. The Kier molecular flexibility index (Phi) is 5.47. The van der Waals surface area contributed by atoms with Crippen LogP contribution in [0.3, 0.4) is 0 Å². The molecule has 0 aliphatic rings. The van der Waals surface area contributed by atoms with E-state index in [9.17, 15) is 15.2 Å². The number of nitro benzene ring substituents is 1. The van der Waals surface area contributed by atoms with Gasteiger partial charge in [-0.25, -0.2) is 0 Å². The third-order valence-corrected chi connectivity index (χ3v) is 4.05. The van der Waals surface area contributed by atoms with Gasteiger partial charge in [0.15, 0.2) is 0 Å². The maximum Gasteiger partial charge on any atom is 0.311 e. The molecule has 0 aliphatic heterocycles.